The summed E-state index contributed by atoms with van der Waals surface area (Å²) in [5.41, 5.74) is 3.22. The van der Waals surface area contributed by atoms with Gasteiger partial charge >= 0.3 is 0 Å². The predicted octanol–water partition coefficient (Wildman–Crippen LogP) is 3.57. The molecule has 0 atom stereocenters. The van der Waals surface area contributed by atoms with Gasteiger partial charge in [-0.3, -0.25) is 9.59 Å². The number of halogens is 1. The Morgan fingerprint density at radius 3 is 3.00 bits per heavy atom. The van der Waals surface area contributed by atoms with E-state index in [4.69, 9.17) is 4.74 Å². The molecule has 3 aromatic rings. The molecule has 2 N–H and O–H groups in total. The van der Waals surface area contributed by atoms with Crippen LogP contribution in [0.3, 0.4) is 0 Å². The van der Waals surface area contributed by atoms with Gasteiger partial charge < -0.3 is 15.4 Å². The molecular formula is C22H20FN3O3S. The van der Waals surface area contributed by atoms with Crippen molar-refractivity contribution in [2.24, 2.45) is 0 Å². The number of hydrogen-bond acceptors (Lipinski definition) is 5. The summed E-state index contributed by atoms with van der Waals surface area (Å²) < 4.78 is 19.0. The van der Waals surface area contributed by atoms with Gasteiger partial charge in [0, 0.05) is 23.1 Å². The lowest BCUT2D eigenvalue weighted by Crippen LogP contribution is -2.29. The summed E-state index contributed by atoms with van der Waals surface area (Å²) in [5.74, 6) is 0.272. The molecule has 2 heterocycles. The highest BCUT2D eigenvalue weighted by Gasteiger charge is 2.15. The molecular weight excluding hydrogens is 405 g/mol. The number of carbonyl (C=O) groups is 2. The van der Waals surface area contributed by atoms with E-state index in [9.17, 15) is 14.0 Å². The van der Waals surface area contributed by atoms with Gasteiger partial charge in [0.2, 0.25) is 11.8 Å². The second-order valence-corrected chi connectivity index (χ2v) is 7.75. The quantitative estimate of drug-likeness (QED) is 0.567. The minimum absolute atomic E-state index is 0.0297. The maximum absolute atomic E-state index is 13.3. The number of anilines is 1. The first-order valence-corrected chi connectivity index (χ1v) is 10.5. The fourth-order valence-electron chi connectivity index (χ4n) is 3.18. The van der Waals surface area contributed by atoms with Crippen LogP contribution in [0.2, 0.25) is 0 Å². The van der Waals surface area contributed by atoms with E-state index in [-0.39, 0.29) is 24.1 Å². The average molecular weight is 425 g/mol. The van der Waals surface area contributed by atoms with E-state index in [1.54, 1.807) is 18.2 Å². The number of aryl methyl sites for hydroxylation is 1. The van der Waals surface area contributed by atoms with Crippen LogP contribution in [-0.2, 0) is 22.4 Å². The molecule has 0 saturated heterocycles. The normalized spacial score (nSPS) is 12.8. The summed E-state index contributed by atoms with van der Waals surface area (Å²) in [7, 11) is 0. The number of carbonyl (C=O) groups excluding carboxylic acids is 2. The fraction of sp³-hybridized carbons (Fsp3) is 0.227. The monoisotopic (exact) mass is 425 g/mol. The first kappa shape index (κ1) is 20.0. The Kier molecular flexibility index (Phi) is 6.04. The topological polar surface area (TPSA) is 80.3 Å². The molecule has 2 aromatic carbocycles. The van der Waals surface area contributed by atoms with E-state index in [0.29, 0.717) is 48.0 Å². The van der Waals surface area contributed by atoms with Crippen LogP contribution >= 0.6 is 11.3 Å². The molecule has 0 saturated carbocycles. The van der Waals surface area contributed by atoms with E-state index < -0.39 is 0 Å². The summed E-state index contributed by atoms with van der Waals surface area (Å²) in [6, 6.07) is 11.8. The summed E-state index contributed by atoms with van der Waals surface area (Å²) >= 11 is 1.38. The fourth-order valence-corrected chi connectivity index (χ4v) is 3.99. The third kappa shape index (κ3) is 5.01. The third-order valence-corrected chi connectivity index (χ3v) is 5.57. The molecule has 0 radical (unpaired) electrons. The number of hydrogen-bond donors (Lipinski definition) is 2. The molecule has 2 amide bonds. The van der Waals surface area contributed by atoms with Crippen molar-refractivity contribution in [1.29, 1.82) is 0 Å². The van der Waals surface area contributed by atoms with E-state index in [1.807, 2.05) is 17.5 Å². The smallest absolute Gasteiger partial charge is 0.226 e. The Labute approximate surface area is 177 Å². The summed E-state index contributed by atoms with van der Waals surface area (Å²) in [4.78, 5) is 28.0. The van der Waals surface area contributed by atoms with E-state index >= 15 is 0 Å². The van der Waals surface area contributed by atoms with E-state index in [0.717, 1.165) is 11.3 Å². The Morgan fingerprint density at radius 1 is 1.23 bits per heavy atom. The van der Waals surface area contributed by atoms with Gasteiger partial charge in [-0.25, -0.2) is 9.37 Å². The average Bonchev–Trinajstić information content (AvgIpc) is 3.19. The van der Waals surface area contributed by atoms with Gasteiger partial charge in [0.1, 0.15) is 23.2 Å². The predicted molar refractivity (Wildman–Crippen MR) is 113 cm³/mol. The van der Waals surface area contributed by atoms with Crippen molar-refractivity contribution in [1.82, 2.24) is 10.3 Å². The van der Waals surface area contributed by atoms with Crippen LogP contribution in [0, 0.1) is 5.82 Å². The number of rotatable bonds is 7. The maximum Gasteiger partial charge on any atom is 0.226 e. The lowest BCUT2D eigenvalue weighted by molar-refractivity contribution is -0.120. The minimum atomic E-state index is -0.314. The molecule has 1 aromatic heterocycles. The number of aromatic nitrogens is 1. The number of amides is 2. The third-order valence-electron chi connectivity index (χ3n) is 4.63. The van der Waals surface area contributed by atoms with Crippen molar-refractivity contribution in [3.63, 3.8) is 0 Å². The maximum atomic E-state index is 13.3. The zero-order chi connectivity index (χ0) is 20.9. The van der Waals surface area contributed by atoms with Crippen LogP contribution in [0.15, 0.2) is 47.8 Å². The van der Waals surface area contributed by atoms with Gasteiger partial charge in [-0.1, -0.05) is 12.1 Å². The van der Waals surface area contributed by atoms with Crippen LogP contribution in [0.1, 0.15) is 17.7 Å². The highest BCUT2D eigenvalue weighted by Crippen LogP contribution is 2.27. The van der Waals surface area contributed by atoms with Gasteiger partial charge in [0.25, 0.3) is 0 Å². The van der Waals surface area contributed by atoms with Gasteiger partial charge in [-0.2, -0.15) is 0 Å². The van der Waals surface area contributed by atoms with Crippen molar-refractivity contribution in [2.75, 3.05) is 18.5 Å². The van der Waals surface area contributed by atoms with E-state index in [1.165, 1.54) is 23.5 Å². The molecule has 154 valence electrons. The molecule has 0 fully saturated rings. The number of fused-ring (bicyclic) bond motifs is 1. The minimum Gasteiger partial charge on any atom is -0.492 e. The zero-order valence-electron chi connectivity index (χ0n) is 16.1. The van der Waals surface area contributed by atoms with Crippen LogP contribution in [0.4, 0.5) is 10.1 Å². The number of nitrogens with one attached hydrogen (secondary N) is 2. The molecule has 0 unspecified atom stereocenters. The number of thiazole rings is 1. The lowest BCUT2D eigenvalue weighted by atomic mass is 10.0. The molecule has 30 heavy (non-hydrogen) atoms. The zero-order valence-corrected chi connectivity index (χ0v) is 16.9. The van der Waals surface area contributed by atoms with Gasteiger partial charge in [0.05, 0.1) is 18.7 Å². The van der Waals surface area contributed by atoms with Crippen LogP contribution < -0.4 is 15.4 Å². The second kappa shape index (κ2) is 9.04. The Morgan fingerprint density at radius 2 is 2.13 bits per heavy atom. The first-order chi connectivity index (χ1) is 14.6. The molecule has 8 heteroatoms. The van der Waals surface area contributed by atoms with Gasteiger partial charge in [0.15, 0.2) is 0 Å². The highest BCUT2D eigenvalue weighted by atomic mass is 32.1. The molecule has 4 rings (SSSR count). The lowest BCUT2D eigenvalue weighted by Gasteiger charge is -2.17. The van der Waals surface area contributed by atoms with Crippen molar-refractivity contribution < 1.29 is 18.7 Å². The van der Waals surface area contributed by atoms with E-state index in [2.05, 4.69) is 15.6 Å². The summed E-state index contributed by atoms with van der Waals surface area (Å²) in [6.45, 7) is 0.704. The van der Waals surface area contributed by atoms with Gasteiger partial charge in [-0.15, -0.1) is 11.3 Å². The molecule has 1 aliphatic heterocycles. The van der Waals surface area contributed by atoms with Crippen LogP contribution in [0.25, 0.3) is 10.6 Å². The molecule has 0 bridgehead atoms. The van der Waals surface area contributed by atoms with Crippen molar-refractivity contribution in [3.8, 4) is 16.3 Å². The number of benzene rings is 2. The van der Waals surface area contributed by atoms with Gasteiger partial charge in [-0.05, 0) is 42.3 Å². The number of ether oxygens (including phenoxy) is 1. The number of nitrogens with zero attached hydrogens (tertiary/aromatic N) is 1. The summed E-state index contributed by atoms with van der Waals surface area (Å²) in [6.07, 6.45) is 1.33. The molecule has 1 aliphatic rings. The Bertz CT molecular complexity index is 1080. The highest BCUT2D eigenvalue weighted by molar-refractivity contribution is 7.13. The van der Waals surface area contributed by atoms with Crippen LogP contribution in [0.5, 0.6) is 5.75 Å². The molecule has 0 spiro atoms. The first-order valence-electron chi connectivity index (χ1n) is 9.59. The van der Waals surface area contributed by atoms with Crippen LogP contribution in [-0.4, -0.2) is 29.9 Å². The summed E-state index contributed by atoms with van der Waals surface area (Å²) in [5, 5.41) is 8.14. The van der Waals surface area contributed by atoms with Crippen molar-refractivity contribution in [2.45, 2.75) is 19.3 Å². The Hall–Kier alpha value is -3.26. The second-order valence-electron chi connectivity index (χ2n) is 6.90. The van der Waals surface area contributed by atoms with Crippen molar-refractivity contribution in [3.05, 3.63) is 64.9 Å². The SMILES string of the molecule is O=C(Cc1csc(-c2cccc(F)c2)n1)NCCOc1ccc2c(c1)CCC(=O)N2. The molecule has 6 nitrogen and oxygen atoms in total. The Balaban J connectivity index is 1.23. The molecule has 0 aliphatic carbocycles. The largest absolute Gasteiger partial charge is 0.492 e. The van der Waals surface area contributed by atoms with Crippen molar-refractivity contribution >= 4 is 28.8 Å². The standard InChI is InChI=1S/C22H20FN3O3S/c23-16-3-1-2-15(10-16)22-25-17(13-30-22)12-21(28)24-8-9-29-18-5-6-19-14(11-18)4-7-20(27)26-19/h1-3,5-6,10-11,13H,4,7-9,12H2,(H,24,28)(H,26,27).